The Morgan fingerprint density at radius 2 is 1.60 bits per heavy atom. The van der Waals surface area contributed by atoms with Crippen LogP contribution in [0.5, 0.6) is 0 Å². The van der Waals surface area contributed by atoms with E-state index in [1.54, 1.807) is 5.38 Å². The molecule has 1 amide bonds. The van der Waals surface area contributed by atoms with Crippen LogP contribution in [-0.2, 0) is 12.4 Å². The summed E-state index contributed by atoms with van der Waals surface area (Å²) in [5, 5.41) is 4.10. The Bertz CT molecular complexity index is 775. The van der Waals surface area contributed by atoms with Crippen LogP contribution in [0.3, 0.4) is 0 Å². The summed E-state index contributed by atoms with van der Waals surface area (Å²) in [6.07, 6.45) is -8.06. The van der Waals surface area contributed by atoms with Gasteiger partial charge in [0.15, 0.2) is 5.13 Å². The number of hydrogen-bond acceptors (Lipinski definition) is 3. The molecule has 3 nitrogen and oxygen atoms in total. The molecule has 134 valence electrons. The summed E-state index contributed by atoms with van der Waals surface area (Å²) in [7, 11) is 0. The number of rotatable bonds is 3. The number of carbonyl (C=O) groups excluding carboxylic acids is 1. The first-order valence-electron chi connectivity index (χ1n) is 7.10. The molecule has 2 aromatic rings. The van der Waals surface area contributed by atoms with E-state index in [-0.39, 0.29) is 11.2 Å². The zero-order chi connectivity index (χ0) is 18.4. The summed E-state index contributed by atoms with van der Waals surface area (Å²) in [6, 6.07) is 0.755. The number of anilines is 1. The van der Waals surface area contributed by atoms with Crippen molar-refractivity contribution < 1.29 is 31.1 Å². The van der Waals surface area contributed by atoms with E-state index in [4.69, 9.17) is 0 Å². The van der Waals surface area contributed by atoms with Crippen molar-refractivity contribution in [3.63, 3.8) is 0 Å². The monoisotopic (exact) mass is 380 g/mol. The number of aromatic nitrogens is 1. The van der Waals surface area contributed by atoms with Crippen molar-refractivity contribution in [3.05, 3.63) is 46.0 Å². The van der Waals surface area contributed by atoms with Crippen LogP contribution >= 0.6 is 11.3 Å². The van der Waals surface area contributed by atoms with E-state index in [1.165, 1.54) is 0 Å². The molecular weight excluding hydrogens is 370 g/mol. The van der Waals surface area contributed by atoms with Crippen LogP contribution in [0.4, 0.5) is 31.5 Å². The molecule has 0 saturated heterocycles. The van der Waals surface area contributed by atoms with Gasteiger partial charge in [0, 0.05) is 16.9 Å². The van der Waals surface area contributed by atoms with E-state index in [9.17, 15) is 31.1 Å². The summed E-state index contributed by atoms with van der Waals surface area (Å²) >= 11 is 1.07. The first-order valence-corrected chi connectivity index (χ1v) is 7.98. The fourth-order valence-electron chi connectivity index (χ4n) is 2.17. The topological polar surface area (TPSA) is 42.0 Å². The smallest absolute Gasteiger partial charge is 0.298 e. The number of benzene rings is 1. The number of nitrogens with zero attached hydrogens (tertiary/aromatic N) is 1. The van der Waals surface area contributed by atoms with Gasteiger partial charge < -0.3 is 0 Å². The normalized spacial score (nSPS) is 15.3. The lowest BCUT2D eigenvalue weighted by atomic mass is 10.0. The molecule has 1 heterocycles. The van der Waals surface area contributed by atoms with Crippen molar-refractivity contribution >= 4 is 22.4 Å². The average Bonchev–Trinajstić information content (AvgIpc) is 3.25. The fourth-order valence-corrected chi connectivity index (χ4v) is 2.95. The molecule has 1 aromatic carbocycles. The van der Waals surface area contributed by atoms with Gasteiger partial charge in [0.25, 0.3) is 5.91 Å². The van der Waals surface area contributed by atoms with Crippen LogP contribution in [0.25, 0.3) is 0 Å². The Hall–Kier alpha value is -2.10. The number of nitrogens with one attached hydrogen (secondary N) is 1. The molecule has 10 heteroatoms. The van der Waals surface area contributed by atoms with Crippen LogP contribution in [0, 0.1) is 0 Å². The third kappa shape index (κ3) is 4.12. The van der Waals surface area contributed by atoms with Gasteiger partial charge in [-0.15, -0.1) is 11.3 Å². The zero-order valence-corrected chi connectivity index (χ0v) is 13.1. The van der Waals surface area contributed by atoms with E-state index in [2.05, 4.69) is 10.3 Å². The van der Waals surface area contributed by atoms with E-state index >= 15 is 0 Å². The lowest BCUT2D eigenvalue weighted by Gasteiger charge is -2.13. The molecule has 3 rings (SSSR count). The number of alkyl halides is 6. The van der Waals surface area contributed by atoms with Crippen LogP contribution in [-0.4, -0.2) is 10.9 Å². The summed E-state index contributed by atoms with van der Waals surface area (Å²) in [5.41, 5.74) is -3.04. The first kappa shape index (κ1) is 17.7. The van der Waals surface area contributed by atoms with Gasteiger partial charge in [0.05, 0.1) is 16.8 Å². The fraction of sp³-hybridized carbons (Fsp3) is 0.333. The molecular formula is C15H10F6N2OS. The minimum absolute atomic E-state index is 0.0224. The lowest BCUT2D eigenvalue weighted by Crippen LogP contribution is -2.17. The predicted octanol–water partition coefficient (Wildman–Crippen LogP) is 5.31. The van der Waals surface area contributed by atoms with Crippen molar-refractivity contribution in [2.75, 3.05) is 5.32 Å². The Kier molecular flexibility index (Phi) is 4.26. The summed E-state index contributed by atoms with van der Waals surface area (Å²) in [6.45, 7) is 0. The molecule has 1 fully saturated rings. The minimum Gasteiger partial charge on any atom is -0.298 e. The van der Waals surface area contributed by atoms with Crippen molar-refractivity contribution in [3.8, 4) is 0 Å². The standard InChI is InChI=1S/C15H10F6N2OS/c16-14(17,18)9-3-8(4-10(5-9)15(19,20)21)12(24)23-13-22-11(6-25-13)7-1-2-7/h3-7H,1-2H2,(H,22,23,24). The minimum atomic E-state index is -5.00. The van der Waals surface area contributed by atoms with Gasteiger partial charge in [0.1, 0.15) is 0 Å². The molecule has 1 aliphatic rings. The maximum Gasteiger partial charge on any atom is 0.416 e. The molecule has 0 spiro atoms. The van der Waals surface area contributed by atoms with Gasteiger partial charge in [-0.25, -0.2) is 4.98 Å². The van der Waals surface area contributed by atoms with E-state index in [1.807, 2.05) is 0 Å². The summed E-state index contributed by atoms with van der Waals surface area (Å²) < 4.78 is 76.9. The second-order valence-electron chi connectivity index (χ2n) is 5.60. The molecule has 1 saturated carbocycles. The van der Waals surface area contributed by atoms with E-state index in [0.717, 1.165) is 29.9 Å². The van der Waals surface area contributed by atoms with Crippen LogP contribution in [0.2, 0.25) is 0 Å². The highest BCUT2D eigenvalue weighted by atomic mass is 32.1. The molecule has 0 bridgehead atoms. The third-order valence-electron chi connectivity index (χ3n) is 3.59. The largest absolute Gasteiger partial charge is 0.416 e. The van der Waals surface area contributed by atoms with Crippen molar-refractivity contribution in [2.45, 2.75) is 31.1 Å². The maximum atomic E-state index is 12.8. The molecule has 0 aliphatic heterocycles. The molecule has 1 aromatic heterocycles. The number of halogens is 6. The average molecular weight is 380 g/mol. The number of thiazole rings is 1. The van der Waals surface area contributed by atoms with Gasteiger partial charge in [0.2, 0.25) is 0 Å². The predicted molar refractivity (Wildman–Crippen MR) is 78.5 cm³/mol. The van der Waals surface area contributed by atoms with Crippen molar-refractivity contribution in [1.82, 2.24) is 4.98 Å². The lowest BCUT2D eigenvalue weighted by molar-refractivity contribution is -0.143. The second-order valence-corrected chi connectivity index (χ2v) is 6.46. The maximum absolute atomic E-state index is 12.8. The van der Waals surface area contributed by atoms with Gasteiger partial charge in [-0.3, -0.25) is 10.1 Å². The SMILES string of the molecule is O=C(Nc1nc(C2CC2)cs1)c1cc(C(F)(F)F)cc(C(F)(F)F)c1. The molecule has 0 atom stereocenters. The van der Waals surface area contributed by atoms with Crippen LogP contribution in [0.15, 0.2) is 23.6 Å². The Morgan fingerprint density at radius 1 is 1.04 bits per heavy atom. The van der Waals surface area contributed by atoms with E-state index in [0.29, 0.717) is 18.1 Å². The zero-order valence-electron chi connectivity index (χ0n) is 12.3. The highest BCUT2D eigenvalue weighted by Gasteiger charge is 2.37. The van der Waals surface area contributed by atoms with Crippen LogP contribution in [0.1, 0.15) is 45.9 Å². The van der Waals surface area contributed by atoms with Crippen LogP contribution < -0.4 is 5.32 Å². The Morgan fingerprint density at radius 3 is 2.08 bits per heavy atom. The Labute approximate surface area is 141 Å². The number of hydrogen-bond donors (Lipinski definition) is 1. The second kappa shape index (κ2) is 6.01. The number of carbonyl (C=O) groups is 1. The molecule has 0 unspecified atom stereocenters. The third-order valence-corrected chi connectivity index (χ3v) is 4.36. The summed E-state index contributed by atoms with van der Waals surface area (Å²) in [5.74, 6) is -0.763. The highest BCUT2D eigenvalue weighted by Crippen LogP contribution is 2.41. The van der Waals surface area contributed by atoms with E-state index < -0.39 is 35.0 Å². The van der Waals surface area contributed by atoms with Crippen molar-refractivity contribution in [2.24, 2.45) is 0 Å². The van der Waals surface area contributed by atoms with Gasteiger partial charge in [-0.1, -0.05) is 0 Å². The molecule has 0 radical (unpaired) electrons. The number of amides is 1. The van der Waals surface area contributed by atoms with Gasteiger partial charge in [-0.05, 0) is 31.0 Å². The summed E-state index contributed by atoms with van der Waals surface area (Å²) in [4.78, 5) is 16.2. The Balaban J connectivity index is 1.89. The van der Waals surface area contributed by atoms with Gasteiger partial charge >= 0.3 is 12.4 Å². The molecule has 25 heavy (non-hydrogen) atoms. The molecule has 1 aliphatic carbocycles. The quantitative estimate of drug-likeness (QED) is 0.734. The molecule has 1 N–H and O–H groups in total. The highest BCUT2D eigenvalue weighted by molar-refractivity contribution is 7.14. The van der Waals surface area contributed by atoms with Crippen molar-refractivity contribution in [1.29, 1.82) is 0 Å². The van der Waals surface area contributed by atoms with Gasteiger partial charge in [-0.2, -0.15) is 26.3 Å². The first-order chi connectivity index (χ1) is 11.5.